The summed E-state index contributed by atoms with van der Waals surface area (Å²) in [5, 5.41) is 6.03. The highest BCUT2D eigenvalue weighted by Gasteiger charge is 2.45. The number of carbonyl (C=O) groups excluding carboxylic acids is 3. The first-order valence-corrected chi connectivity index (χ1v) is 14.6. The zero-order chi connectivity index (χ0) is 31.3. The van der Waals surface area contributed by atoms with E-state index in [-0.39, 0.29) is 18.9 Å². The molecule has 2 aromatic carbocycles. The molecule has 0 bridgehead atoms. The maximum absolute atomic E-state index is 13.2. The van der Waals surface area contributed by atoms with Gasteiger partial charge in [-0.1, -0.05) is 19.1 Å². The van der Waals surface area contributed by atoms with Gasteiger partial charge >= 0.3 is 12.1 Å². The molecule has 3 amide bonds. The third-order valence-corrected chi connectivity index (χ3v) is 8.22. The molecule has 0 aliphatic heterocycles. The van der Waals surface area contributed by atoms with Gasteiger partial charge in [-0.25, -0.2) is 4.98 Å². The maximum Gasteiger partial charge on any atom is 0.471 e. The van der Waals surface area contributed by atoms with Crippen molar-refractivity contribution >= 4 is 34.2 Å². The molecule has 2 N–H and O–H groups in total. The van der Waals surface area contributed by atoms with Crippen molar-refractivity contribution in [1.29, 1.82) is 0 Å². The number of amides is 3. The molecule has 1 aliphatic carbocycles. The third-order valence-electron chi connectivity index (χ3n) is 7.18. The molecule has 9 nitrogen and oxygen atoms in total. The summed E-state index contributed by atoms with van der Waals surface area (Å²) in [4.78, 5) is 44.2. The first-order valence-electron chi connectivity index (χ1n) is 13.8. The number of aryl methyl sites for hydroxylation is 1. The van der Waals surface area contributed by atoms with Gasteiger partial charge in [-0.05, 0) is 62.1 Å². The summed E-state index contributed by atoms with van der Waals surface area (Å²) in [6.45, 7) is 3.55. The lowest BCUT2D eigenvalue weighted by Crippen LogP contribution is -2.49. The van der Waals surface area contributed by atoms with Gasteiger partial charge in [0.05, 0.1) is 26.0 Å². The predicted molar refractivity (Wildman–Crippen MR) is 156 cm³/mol. The average molecular weight is 619 g/mol. The van der Waals surface area contributed by atoms with Crippen molar-refractivity contribution in [2.45, 2.75) is 57.8 Å². The van der Waals surface area contributed by atoms with Crippen LogP contribution in [0.1, 0.15) is 69.6 Å². The van der Waals surface area contributed by atoms with Crippen LogP contribution in [-0.4, -0.2) is 60.6 Å². The van der Waals surface area contributed by atoms with Crippen LogP contribution in [0.5, 0.6) is 11.5 Å². The zero-order valence-corrected chi connectivity index (χ0v) is 25.0. The van der Waals surface area contributed by atoms with Crippen LogP contribution in [0.15, 0.2) is 42.5 Å². The van der Waals surface area contributed by atoms with Gasteiger partial charge in [-0.3, -0.25) is 19.7 Å². The third kappa shape index (κ3) is 7.45. The smallest absolute Gasteiger partial charge is 0.471 e. The summed E-state index contributed by atoms with van der Waals surface area (Å²) in [6.07, 6.45) is -3.50. The van der Waals surface area contributed by atoms with Crippen molar-refractivity contribution in [3.8, 4) is 11.5 Å². The van der Waals surface area contributed by atoms with E-state index in [0.717, 1.165) is 9.78 Å². The molecule has 43 heavy (non-hydrogen) atoms. The molecule has 1 aromatic heterocycles. The molecule has 3 aromatic rings. The Hall–Kier alpha value is -4.13. The van der Waals surface area contributed by atoms with Crippen molar-refractivity contribution in [2.75, 3.05) is 26.1 Å². The van der Waals surface area contributed by atoms with Gasteiger partial charge in [-0.15, -0.1) is 11.3 Å². The summed E-state index contributed by atoms with van der Waals surface area (Å²) in [5.74, 6) is -1.64. The van der Waals surface area contributed by atoms with Crippen LogP contribution >= 0.6 is 11.3 Å². The van der Waals surface area contributed by atoms with Crippen molar-refractivity contribution in [2.24, 2.45) is 0 Å². The first kappa shape index (κ1) is 31.8. The highest BCUT2D eigenvalue weighted by atomic mass is 32.1. The topological polar surface area (TPSA) is 110 Å². The second-order valence-corrected chi connectivity index (χ2v) is 11.2. The Kier molecular flexibility index (Phi) is 9.95. The summed E-state index contributed by atoms with van der Waals surface area (Å²) < 4.78 is 50.0. The lowest BCUT2D eigenvalue weighted by Gasteiger charge is -2.34. The molecular formula is C30H33F3N4O5S. The molecular weight excluding hydrogens is 585 g/mol. The number of hydrogen-bond donors (Lipinski definition) is 2. The Balaban J connectivity index is 1.42. The lowest BCUT2D eigenvalue weighted by molar-refractivity contribution is -0.188. The first-order chi connectivity index (χ1) is 20.4. The molecule has 4 rings (SSSR count). The molecule has 0 saturated heterocycles. The second-order valence-electron chi connectivity index (χ2n) is 10.1. The van der Waals surface area contributed by atoms with Gasteiger partial charge in [0.1, 0.15) is 0 Å². The molecule has 1 heterocycles. The second kappa shape index (κ2) is 13.4. The van der Waals surface area contributed by atoms with Gasteiger partial charge in [0.25, 0.3) is 11.8 Å². The van der Waals surface area contributed by atoms with Crippen LogP contribution < -0.4 is 20.1 Å². The highest BCUT2D eigenvalue weighted by Crippen LogP contribution is 2.34. The Morgan fingerprint density at radius 1 is 1.07 bits per heavy atom. The molecule has 1 unspecified atom stereocenters. The number of benzene rings is 2. The van der Waals surface area contributed by atoms with Crippen LogP contribution in [0.4, 0.5) is 18.3 Å². The summed E-state index contributed by atoms with van der Waals surface area (Å²) in [5.41, 5.74) is 2.15. The van der Waals surface area contributed by atoms with Crippen molar-refractivity contribution in [3.05, 3.63) is 69.7 Å². The molecule has 13 heteroatoms. The van der Waals surface area contributed by atoms with Crippen LogP contribution in [0.2, 0.25) is 0 Å². The summed E-state index contributed by atoms with van der Waals surface area (Å²) in [7, 11) is 2.99. The van der Waals surface area contributed by atoms with E-state index in [1.165, 1.54) is 25.6 Å². The molecule has 0 saturated carbocycles. The standard InChI is InChI=1S/C30H33F3N4O5S/c1-5-13-37(28(40)30(31,32)33)21-10-11-22-25(16-21)43-29(35-22)36-27(39)19-8-6-7-18(14-19)17(2)34-26(38)20-9-12-23(41-3)24(15-20)42-4/h6-9,12,14-15,17,21H,5,10-11,13,16H2,1-4H3,(H,34,38)(H,35,36,39)/t17-,21?/m1/s1. The number of carbonyl (C=O) groups is 3. The van der Waals surface area contributed by atoms with E-state index in [0.29, 0.717) is 58.3 Å². The minimum atomic E-state index is -4.93. The van der Waals surface area contributed by atoms with Gasteiger partial charge in [-0.2, -0.15) is 13.2 Å². The number of fused-ring (bicyclic) bond motifs is 1. The number of methoxy groups -OCH3 is 2. The lowest BCUT2D eigenvalue weighted by atomic mass is 9.96. The number of nitrogens with zero attached hydrogens (tertiary/aromatic N) is 2. The molecule has 0 spiro atoms. The zero-order valence-electron chi connectivity index (χ0n) is 24.2. The fourth-order valence-electron chi connectivity index (χ4n) is 4.99. The molecule has 0 fully saturated rings. The number of aromatic nitrogens is 1. The van der Waals surface area contributed by atoms with E-state index in [9.17, 15) is 27.6 Å². The number of alkyl halides is 3. The fourth-order valence-corrected chi connectivity index (χ4v) is 6.06. The fraction of sp³-hybridized carbons (Fsp3) is 0.400. The summed E-state index contributed by atoms with van der Waals surface area (Å²) in [6, 6.07) is 10.6. The Bertz CT molecular complexity index is 1490. The minimum absolute atomic E-state index is 0.0181. The highest BCUT2D eigenvalue weighted by molar-refractivity contribution is 7.15. The van der Waals surface area contributed by atoms with Crippen molar-refractivity contribution in [1.82, 2.24) is 15.2 Å². The average Bonchev–Trinajstić information content (AvgIpc) is 3.40. The van der Waals surface area contributed by atoms with Gasteiger partial charge in [0.15, 0.2) is 16.6 Å². The minimum Gasteiger partial charge on any atom is -0.493 e. The Morgan fingerprint density at radius 3 is 2.47 bits per heavy atom. The van der Waals surface area contributed by atoms with E-state index in [1.807, 2.05) is 0 Å². The number of anilines is 1. The Morgan fingerprint density at radius 2 is 1.79 bits per heavy atom. The number of nitrogens with one attached hydrogen (secondary N) is 2. The number of halogens is 3. The molecule has 0 radical (unpaired) electrons. The maximum atomic E-state index is 13.2. The van der Waals surface area contributed by atoms with E-state index >= 15 is 0 Å². The van der Waals surface area contributed by atoms with Crippen LogP contribution in [0, 0.1) is 0 Å². The van der Waals surface area contributed by atoms with E-state index < -0.39 is 30.1 Å². The van der Waals surface area contributed by atoms with Crippen LogP contribution in [0.3, 0.4) is 0 Å². The quantitative estimate of drug-likeness (QED) is 0.308. The van der Waals surface area contributed by atoms with E-state index in [1.54, 1.807) is 56.3 Å². The predicted octanol–water partition coefficient (Wildman–Crippen LogP) is 5.56. The van der Waals surface area contributed by atoms with Crippen molar-refractivity contribution < 1.29 is 37.0 Å². The van der Waals surface area contributed by atoms with E-state index in [2.05, 4.69) is 15.6 Å². The van der Waals surface area contributed by atoms with Gasteiger partial charge < -0.3 is 19.7 Å². The number of ether oxygens (including phenoxy) is 2. The largest absolute Gasteiger partial charge is 0.493 e. The van der Waals surface area contributed by atoms with Gasteiger partial charge in [0.2, 0.25) is 0 Å². The van der Waals surface area contributed by atoms with Crippen LogP contribution in [0.25, 0.3) is 0 Å². The normalized spacial score (nSPS) is 15.2. The van der Waals surface area contributed by atoms with Crippen molar-refractivity contribution in [3.63, 3.8) is 0 Å². The van der Waals surface area contributed by atoms with Crippen LogP contribution in [-0.2, 0) is 17.6 Å². The molecule has 2 atom stereocenters. The molecule has 1 aliphatic rings. The monoisotopic (exact) mass is 618 g/mol. The molecule has 230 valence electrons. The Labute approximate surface area is 251 Å². The van der Waals surface area contributed by atoms with E-state index in [4.69, 9.17) is 9.47 Å². The number of hydrogen-bond acceptors (Lipinski definition) is 7. The number of rotatable bonds is 10. The van der Waals surface area contributed by atoms with Gasteiger partial charge in [0, 0.05) is 35.0 Å². The summed E-state index contributed by atoms with van der Waals surface area (Å²) >= 11 is 1.20. The number of thiazole rings is 1. The SMILES string of the molecule is CCCN(C(=O)C(F)(F)F)C1CCc2nc(NC(=O)c3cccc([C@@H](C)NC(=O)c4ccc(OC)c(OC)c4)c3)sc2C1.